The number of unbranched alkanes of at least 4 members (excludes halogenated alkanes) is 1. The van der Waals surface area contributed by atoms with E-state index in [4.69, 9.17) is 11.5 Å². The fraction of sp³-hybridized carbons (Fsp3) is 0.500. The van der Waals surface area contributed by atoms with E-state index < -0.39 is 77.6 Å². The first-order valence-electron chi connectivity index (χ1n) is 21.6. The highest BCUT2D eigenvalue weighted by Gasteiger charge is 2.40. The number of hydrogen-bond acceptors (Lipinski definition) is 8. The van der Waals surface area contributed by atoms with E-state index in [1.807, 2.05) is 61.5 Å². The molecule has 2 fully saturated rings. The van der Waals surface area contributed by atoms with Crippen LogP contribution in [-0.2, 0) is 46.4 Å². The minimum atomic E-state index is -1.15. The molecule has 18 heteroatoms. The number of H-pyrrole nitrogens is 1. The summed E-state index contributed by atoms with van der Waals surface area (Å²) >= 11 is 0. The molecule has 0 aliphatic carbocycles. The van der Waals surface area contributed by atoms with E-state index in [1.54, 1.807) is 6.20 Å². The molecule has 3 heterocycles. The summed E-state index contributed by atoms with van der Waals surface area (Å²) in [6.45, 7) is 3.75. The quantitative estimate of drug-likeness (QED) is 0.0621. The van der Waals surface area contributed by atoms with Crippen molar-refractivity contribution in [2.24, 2.45) is 16.5 Å². The minimum Gasteiger partial charge on any atom is -0.370 e. The van der Waals surface area contributed by atoms with Gasteiger partial charge in [0.1, 0.15) is 36.3 Å². The van der Waals surface area contributed by atoms with Crippen molar-refractivity contribution in [3.8, 4) is 0 Å². The smallest absolute Gasteiger partial charge is 0.245 e. The van der Waals surface area contributed by atoms with Crippen LogP contribution in [0.15, 0.2) is 65.8 Å². The van der Waals surface area contributed by atoms with Crippen molar-refractivity contribution in [1.82, 2.24) is 41.8 Å². The number of nitrogens with two attached hydrogens (primary N) is 2. The Morgan fingerprint density at radius 1 is 0.839 bits per heavy atom. The van der Waals surface area contributed by atoms with Gasteiger partial charge in [0.15, 0.2) is 5.96 Å². The van der Waals surface area contributed by atoms with Gasteiger partial charge in [0.25, 0.3) is 0 Å². The zero-order chi connectivity index (χ0) is 44.6. The molecular weight excluding hydrogens is 795 g/mol. The van der Waals surface area contributed by atoms with Crippen LogP contribution in [0.1, 0.15) is 82.8 Å². The predicted octanol–water partition coefficient (Wildman–Crippen LogP) is 0.542. The van der Waals surface area contributed by atoms with Gasteiger partial charge in [0, 0.05) is 56.5 Å². The summed E-state index contributed by atoms with van der Waals surface area (Å²) in [5, 5.41) is 17.9. The number of aromatic amines is 1. The van der Waals surface area contributed by atoms with Crippen molar-refractivity contribution in [3.63, 3.8) is 0 Å². The molecule has 5 rings (SSSR count). The third kappa shape index (κ3) is 13.3. The van der Waals surface area contributed by atoms with Crippen LogP contribution >= 0.6 is 0 Å². The molecule has 62 heavy (non-hydrogen) atoms. The molecule has 6 atom stereocenters. The summed E-state index contributed by atoms with van der Waals surface area (Å²) in [6.07, 6.45) is 5.18. The molecule has 3 unspecified atom stereocenters. The summed E-state index contributed by atoms with van der Waals surface area (Å²) < 4.78 is 0. The number of amides is 7. The lowest BCUT2D eigenvalue weighted by atomic mass is 10.0. The largest absolute Gasteiger partial charge is 0.370 e. The molecule has 2 saturated heterocycles. The Bertz CT molecular complexity index is 2070. The van der Waals surface area contributed by atoms with Crippen LogP contribution in [0.3, 0.4) is 0 Å². The van der Waals surface area contributed by atoms with Crippen molar-refractivity contribution in [3.05, 3.63) is 71.9 Å². The zero-order valence-corrected chi connectivity index (χ0v) is 35.5. The van der Waals surface area contributed by atoms with Gasteiger partial charge in [-0.05, 0) is 62.1 Å². The summed E-state index contributed by atoms with van der Waals surface area (Å²) in [7, 11) is 0. The molecular formula is C44H61N11O7. The number of hydrogen-bond donors (Lipinski definition) is 9. The summed E-state index contributed by atoms with van der Waals surface area (Å²) in [4.78, 5) is 106. The van der Waals surface area contributed by atoms with Crippen LogP contribution in [0.4, 0.5) is 0 Å². The maximum atomic E-state index is 14.5. The van der Waals surface area contributed by atoms with E-state index in [-0.39, 0.29) is 64.1 Å². The predicted molar refractivity (Wildman–Crippen MR) is 234 cm³/mol. The molecule has 2 aromatic carbocycles. The molecule has 2 aliphatic heterocycles. The molecule has 18 nitrogen and oxygen atoms in total. The molecule has 1 aromatic heterocycles. The molecule has 0 saturated carbocycles. The highest BCUT2D eigenvalue weighted by molar-refractivity contribution is 5.98. The number of nitrogens with one attached hydrogen (secondary N) is 7. The van der Waals surface area contributed by atoms with Gasteiger partial charge < -0.3 is 53.3 Å². The molecule has 334 valence electrons. The first-order chi connectivity index (χ1) is 29.8. The van der Waals surface area contributed by atoms with Crippen LogP contribution in [0.2, 0.25) is 0 Å². The molecule has 2 aliphatic rings. The monoisotopic (exact) mass is 855 g/mol. The zero-order valence-electron chi connectivity index (χ0n) is 35.5. The molecule has 0 spiro atoms. The van der Waals surface area contributed by atoms with Gasteiger partial charge in [-0.25, -0.2) is 0 Å². The number of fused-ring (bicyclic) bond motifs is 2. The van der Waals surface area contributed by atoms with E-state index in [1.165, 1.54) is 11.8 Å². The van der Waals surface area contributed by atoms with Gasteiger partial charge in [0.2, 0.25) is 41.4 Å². The first-order valence-corrected chi connectivity index (χ1v) is 21.6. The number of benzene rings is 2. The van der Waals surface area contributed by atoms with E-state index in [0.717, 1.165) is 22.0 Å². The molecule has 7 amide bonds. The maximum absolute atomic E-state index is 14.5. The lowest BCUT2D eigenvalue weighted by Gasteiger charge is -2.31. The van der Waals surface area contributed by atoms with Crippen LogP contribution in [0.25, 0.3) is 10.9 Å². The standard InChI is InChI=1S/C44H61N11O7/c1-3-4-16-33-39(58)54-36(25-29-26-49-31-17-9-8-15-30(29)31)41(60)51-32(18-10-22-48-44(45)46)38(57)47-21-11-19-34(43(62)55-23-12-20-37(55)42(61)52-33)53-40(59)35(50-27(2)56)24-28-13-6-5-7-14-28/h5-9,13-15,17,26,32-37,49H,3-4,10-12,16,18-25H2,1-2H3,(H,47,57)(H,50,56)(H,51,60)(H,52,61)(H,53,59)(H,54,58)(H4,45,46,48)/t32?,33-,34+,35+,36?,37?/m1/s1. The second-order valence-corrected chi connectivity index (χ2v) is 16.0. The van der Waals surface area contributed by atoms with Crippen molar-refractivity contribution in [2.75, 3.05) is 19.6 Å². The van der Waals surface area contributed by atoms with Crippen molar-refractivity contribution >= 4 is 58.2 Å². The van der Waals surface area contributed by atoms with Gasteiger partial charge in [-0.3, -0.25) is 38.6 Å². The Morgan fingerprint density at radius 3 is 2.26 bits per heavy atom. The number of guanidine groups is 1. The third-order valence-corrected chi connectivity index (χ3v) is 11.2. The van der Waals surface area contributed by atoms with Gasteiger partial charge >= 0.3 is 0 Å². The number of rotatable bonds is 14. The Balaban J connectivity index is 1.45. The summed E-state index contributed by atoms with van der Waals surface area (Å²) in [5.74, 6) is -3.86. The average Bonchev–Trinajstić information content (AvgIpc) is 3.91. The van der Waals surface area contributed by atoms with Crippen molar-refractivity contribution < 1.29 is 33.6 Å². The maximum Gasteiger partial charge on any atom is 0.245 e. The average molecular weight is 856 g/mol. The lowest BCUT2D eigenvalue weighted by Crippen LogP contribution is -2.60. The summed E-state index contributed by atoms with van der Waals surface area (Å²) in [6, 6.07) is 10.4. The van der Waals surface area contributed by atoms with Crippen LogP contribution in [0.5, 0.6) is 0 Å². The highest BCUT2D eigenvalue weighted by Crippen LogP contribution is 2.22. The van der Waals surface area contributed by atoms with Crippen molar-refractivity contribution in [2.45, 2.75) is 121 Å². The minimum absolute atomic E-state index is 0.0659. The highest BCUT2D eigenvalue weighted by atomic mass is 16.2. The second-order valence-electron chi connectivity index (χ2n) is 16.0. The van der Waals surface area contributed by atoms with E-state index in [9.17, 15) is 33.6 Å². The van der Waals surface area contributed by atoms with Crippen LogP contribution < -0.4 is 43.4 Å². The Hall–Kier alpha value is -6.46. The number of carbonyl (C=O) groups is 7. The lowest BCUT2D eigenvalue weighted by molar-refractivity contribution is -0.142. The third-order valence-electron chi connectivity index (χ3n) is 11.2. The van der Waals surface area contributed by atoms with E-state index in [0.29, 0.717) is 32.1 Å². The van der Waals surface area contributed by atoms with Crippen LogP contribution in [-0.4, -0.2) is 113 Å². The van der Waals surface area contributed by atoms with Gasteiger partial charge in [-0.1, -0.05) is 68.3 Å². The van der Waals surface area contributed by atoms with E-state index >= 15 is 0 Å². The fourth-order valence-corrected chi connectivity index (χ4v) is 7.97. The van der Waals surface area contributed by atoms with Crippen molar-refractivity contribution in [1.29, 1.82) is 0 Å². The topological polar surface area (TPSA) is 275 Å². The number of carbonyl (C=O) groups excluding carboxylic acids is 7. The molecule has 0 radical (unpaired) electrons. The fourth-order valence-electron chi connectivity index (χ4n) is 7.97. The number of para-hydroxylation sites is 1. The molecule has 11 N–H and O–H groups in total. The Morgan fingerprint density at radius 2 is 1.52 bits per heavy atom. The second kappa shape index (κ2) is 22.9. The number of nitrogens with zero attached hydrogens (tertiary/aromatic N) is 2. The molecule has 3 aromatic rings. The molecule has 0 bridgehead atoms. The van der Waals surface area contributed by atoms with Gasteiger partial charge in [-0.15, -0.1) is 0 Å². The number of aromatic nitrogens is 1. The van der Waals surface area contributed by atoms with Gasteiger partial charge in [0.05, 0.1) is 0 Å². The van der Waals surface area contributed by atoms with Crippen LogP contribution in [0, 0.1) is 0 Å². The Kier molecular flexibility index (Phi) is 17.2. The van der Waals surface area contributed by atoms with Gasteiger partial charge in [-0.2, -0.15) is 0 Å². The first kappa shape index (κ1) is 46.6. The summed E-state index contributed by atoms with van der Waals surface area (Å²) in [5.41, 5.74) is 13.4. The Labute approximate surface area is 361 Å². The number of aliphatic imine (C=N–C) groups is 1. The normalized spacial score (nSPS) is 22.2. The SMILES string of the molecule is CCCC[C@H]1NC(=O)C2CCCN2C(=O)[C@@H](NC(=O)[C@H](Cc2ccccc2)NC(C)=O)CCCNC(=O)C(CCCN=C(N)N)NC(=O)C(Cc2c[nH]c3ccccc23)NC1=O. The van der Waals surface area contributed by atoms with E-state index in [2.05, 4.69) is 41.9 Å².